The van der Waals surface area contributed by atoms with Gasteiger partial charge in [0.15, 0.2) is 11.7 Å². The van der Waals surface area contributed by atoms with E-state index >= 15 is 0 Å². The molecule has 5 unspecified atom stereocenters. The Bertz CT molecular complexity index is 562. The van der Waals surface area contributed by atoms with E-state index in [0.717, 1.165) is 25.7 Å². The van der Waals surface area contributed by atoms with Crippen LogP contribution in [-0.2, 0) is 19.1 Å². The smallest absolute Gasteiger partial charge is 0.354 e. The molecule has 4 rings (SSSR count). The van der Waals surface area contributed by atoms with Crippen LogP contribution in [0.5, 0.6) is 0 Å². The van der Waals surface area contributed by atoms with E-state index in [4.69, 9.17) is 15.2 Å². The first kappa shape index (κ1) is 14.1. The number of fused-ring (bicyclic) bond motifs is 5. The van der Waals surface area contributed by atoms with Gasteiger partial charge in [-0.25, -0.2) is 4.79 Å². The maximum atomic E-state index is 12.8. The Morgan fingerprint density at radius 1 is 1.45 bits per heavy atom. The minimum Gasteiger partial charge on any atom is -0.456 e. The molecule has 6 nitrogen and oxygen atoms in total. The Morgan fingerprint density at radius 2 is 2.27 bits per heavy atom. The van der Waals surface area contributed by atoms with E-state index in [-0.39, 0.29) is 17.6 Å². The molecule has 2 aliphatic heterocycles. The zero-order valence-corrected chi connectivity index (χ0v) is 12.6. The van der Waals surface area contributed by atoms with E-state index in [9.17, 15) is 9.59 Å². The van der Waals surface area contributed by atoms with Crippen LogP contribution in [0.2, 0.25) is 0 Å². The molecule has 0 aromatic rings. The van der Waals surface area contributed by atoms with Gasteiger partial charge in [0.25, 0.3) is 0 Å². The lowest BCUT2D eigenvalue weighted by Crippen LogP contribution is -2.63. The second kappa shape index (κ2) is 4.47. The summed E-state index contributed by atoms with van der Waals surface area (Å²) >= 11 is 0. The zero-order chi connectivity index (χ0) is 15.5. The number of hydrogen-bond donors (Lipinski definition) is 2. The summed E-state index contributed by atoms with van der Waals surface area (Å²) in [6.07, 6.45) is 4.16. The molecule has 0 aromatic heterocycles. The molecule has 5 atom stereocenters. The molecule has 2 saturated heterocycles. The molecule has 2 bridgehead atoms. The fourth-order valence-corrected chi connectivity index (χ4v) is 5.42. The van der Waals surface area contributed by atoms with Crippen molar-refractivity contribution >= 4 is 11.9 Å². The van der Waals surface area contributed by atoms with Gasteiger partial charge < -0.3 is 20.5 Å². The van der Waals surface area contributed by atoms with Crippen molar-refractivity contribution in [2.75, 3.05) is 13.1 Å². The van der Waals surface area contributed by atoms with Crippen LogP contribution in [0.1, 0.15) is 32.1 Å². The minimum atomic E-state index is -0.880. The third kappa shape index (κ3) is 1.54. The van der Waals surface area contributed by atoms with Crippen molar-refractivity contribution in [2.24, 2.45) is 23.0 Å². The molecule has 4 aliphatic rings. The predicted octanol–water partition coefficient (Wildman–Crippen LogP) is 0.466. The number of nitrogens with one attached hydrogen (secondary N) is 1. The van der Waals surface area contributed by atoms with E-state index in [1.165, 1.54) is 0 Å². The SMILES string of the molecule is C=C(N)C(=O)OC12CCNCC1OC(=O)C21CC2CCC1C2. The number of carbonyl (C=O) groups is 2. The summed E-state index contributed by atoms with van der Waals surface area (Å²) in [5.41, 5.74) is 3.85. The van der Waals surface area contributed by atoms with E-state index in [0.29, 0.717) is 25.4 Å². The van der Waals surface area contributed by atoms with Crippen LogP contribution in [0.15, 0.2) is 12.3 Å². The van der Waals surface area contributed by atoms with Crippen molar-refractivity contribution in [3.05, 3.63) is 12.3 Å². The summed E-state index contributed by atoms with van der Waals surface area (Å²) in [5.74, 6) is 0.00552. The van der Waals surface area contributed by atoms with E-state index in [1.807, 2.05) is 0 Å². The summed E-state index contributed by atoms with van der Waals surface area (Å²) in [7, 11) is 0. The van der Waals surface area contributed by atoms with Crippen LogP contribution in [-0.4, -0.2) is 36.7 Å². The highest BCUT2D eigenvalue weighted by Crippen LogP contribution is 2.66. The van der Waals surface area contributed by atoms with Gasteiger partial charge in [-0.15, -0.1) is 0 Å². The molecule has 120 valence electrons. The summed E-state index contributed by atoms with van der Waals surface area (Å²) in [5, 5.41) is 3.23. The van der Waals surface area contributed by atoms with Crippen LogP contribution >= 0.6 is 0 Å². The molecule has 1 spiro atoms. The largest absolute Gasteiger partial charge is 0.456 e. The van der Waals surface area contributed by atoms with Gasteiger partial charge in [-0.2, -0.15) is 0 Å². The number of hydrogen-bond acceptors (Lipinski definition) is 6. The molecule has 2 heterocycles. The van der Waals surface area contributed by atoms with Gasteiger partial charge in [0, 0.05) is 13.0 Å². The number of ether oxygens (including phenoxy) is 2. The molecular weight excluding hydrogens is 284 g/mol. The lowest BCUT2D eigenvalue weighted by molar-refractivity contribution is -0.184. The Morgan fingerprint density at radius 3 is 2.91 bits per heavy atom. The quantitative estimate of drug-likeness (QED) is 0.569. The molecule has 22 heavy (non-hydrogen) atoms. The average Bonchev–Trinajstić information content (AvgIpc) is 3.15. The van der Waals surface area contributed by atoms with Crippen LogP contribution in [0.4, 0.5) is 0 Å². The predicted molar refractivity (Wildman–Crippen MR) is 77.4 cm³/mol. The van der Waals surface area contributed by atoms with Gasteiger partial charge in [0.1, 0.15) is 11.1 Å². The van der Waals surface area contributed by atoms with E-state index in [1.54, 1.807) is 0 Å². The third-order valence-electron chi connectivity index (χ3n) is 6.28. The fourth-order valence-electron chi connectivity index (χ4n) is 5.42. The summed E-state index contributed by atoms with van der Waals surface area (Å²) in [4.78, 5) is 25.0. The third-order valence-corrected chi connectivity index (χ3v) is 6.28. The van der Waals surface area contributed by atoms with Gasteiger partial charge in [-0.05, 0) is 37.6 Å². The maximum Gasteiger partial charge on any atom is 0.354 e. The lowest BCUT2D eigenvalue weighted by Gasteiger charge is -2.47. The topological polar surface area (TPSA) is 90.7 Å². The van der Waals surface area contributed by atoms with Crippen LogP contribution < -0.4 is 11.1 Å². The van der Waals surface area contributed by atoms with Gasteiger partial charge >= 0.3 is 11.9 Å². The van der Waals surface area contributed by atoms with E-state index < -0.39 is 23.1 Å². The molecule has 0 radical (unpaired) electrons. The first-order valence-corrected chi connectivity index (χ1v) is 8.09. The normalized spacial score (nSPS) is 45.6. The highest BCUT2D eigenvalue weighted by atomic mass is 16.6. The molecule has 3 N–H and O–H groups in total. The molecule has 2 aliphatic carbocycles. The van der Waals surface area contributed by atoms with Gasteiger partial charge in [-0.3, -0.25) is 4.79 Å². The Kier molecular flexibility index (Phi) is 2.86. The van der Waals surface area contributed by atoms with Crippen molar-refractivity contribution in [3.63, 3.8) is 0 Å². The minimum absolute atomic E-state index is 0.121. The number of nitrogens with two attached hydrogens (primary N) is 1. The highest BCUT2D eigenvalue weighted by Gasteiger charge is 2.76. The molecule has 0 amide bonds. The second-order valence-corrected chi connectivity index (χ2v) is 7.20. The van der Waals surface area contributed by atoms with E-state index in [2.05, 4.69) is 11.9 Å². The number of esters is 2. The monoisotopic (exact) mass is 306 g/mol. The molecule has 6 heteroatoms. The molecule has 2 saturated carbocycles. The van der Waals surface area contributed by atoms with Crippen molar-refractivity contribution in [1.82, 2.24) is 5.32 Å². The summed E-state index contributed by atoms with van der Waals surface area (Å²) in [6.45, 7) is 4.70. The number of carbonyl (C=O) groups excluding carboxylic acids is 2. The standard InChI is InChI=1S/C16H22N2O4/c1-9(17)13(19)22-16-4-5-18-8-12(16)21-14(20)15(16)7-10-2-3-11(15)6-10/h10-12,18H,1-8,17H2. The van der Waals surface area contributed by atoms with Crippen LogP contribution in [0, 0.1) is 17.3 Å². The first-order chi connectivity index (χ1) is 10.5. The average molecular weight is 306 g/mol. The Balaban J connectivity index is 1.79. The summed E-state index contributed by atoms with van der Waals surface area (Å²) < 4.78 is 11.6. The van der Waals surface area contributed by atoms with Crippen molar-refractivity contribution in [2.45, 2.75) is 43.8 Å². The lowest BCUT2D eigenvalue weighted by atomic mass is 9.60. The van der Waals surface area contributed by atoms with Crippen LogP contribution in [0.25, 0.3) is 0 Å². The highest BCUT2D eigenvalue weighted by molar-refractivity contribution is 5.89. The summed E-state index contributed by atoms with van der Waals surface area (Å²) in [6, 6.07) is 0. The number of rotatable bonds is 2. The van der Waals surface area contributed by atoms with Crippen molar-refractivity contribution < 1.29 is 19.1 Å². The maximum absolute atomic E-state index is 12.8. The Hall–Kier alpha value is -1.56. The van der Waals surface area contributed by atoms with Gasteiger partial charge in [0.05, 0.1) is 0 Å². The second-order valence-electron chi connectivity index (χ2n) is 7.20. The van der Waals surface area contributed by atoms with Gasteiger partial charge in [-0.1, -0.05) is 13.0 Å². The molecular formula is C16H22N2O4. The number of piperidine rings is 1. The van der Waals surface area contributed by atoms with Crippen molar-refractivity contribution in [3.8, 4) is 0 Å². The zero-order valence-electron chi connectivity index (χ0n) is 12.6. The fraction of sp³-hybridized carbons (Fsp3) is 0.750. The van der Waals surface area contributed by atoms with Gasteiger partial charge in [0.2, 0.25) is 0 Å². The molecule has 0 aromatic carbocycles. The first-order valence-electron chi connectivity index (χ1n) is 8.09. The van der Waals surface area contributed by atoms with Crippen molar-refractivity contribution in [1.29, 1.82) is 0 Å². The molecule has 4 fully saturated rings. The Labute approximate surface area is 129 Å². The van der Waals surface area contributed by atoms with Crippen LogP contribution in [0.3, 0.4) is 0 Å².